The van der Waals surface area contributed by atoms with Gasteiger partial charge in [0.05, 0.1) is 6.54 Å². The molecule has 0 aromatic rings. The number of hydrazine groups is 1. The molecule has 92 valence electrons. The highest BCUT2D eigenvalue weighted by molar-refractivity contribution is 8.00. The van der Waals surface area contributed by atoms with E-state index in [1.807, 2.05) is 11.8 Å². The number of aliphatic imine (C=N–C) groups is 1. The summed E-state index contributed by atoms with van der Waals surface area (Å²) in [6.45, 7) is 0.882. The highest BCUT2D eigenvalue weighted by Gasteiger charge is 2.33. The zero-order chi connectivity index (χ0) is 11.4. The second-order valence-electron chi connectivity index (χ2n) is 4.82. The Hall–Kier alpha value is -0.420. The summed E-state index contributed by atoms with van der Waals surface area (Å²) < 4.78 is 0.368. The Morgan fingerprint density at radius 2 is 2.12 bits per heavy atom. The lowest BCUT2D eigenvalue weighted by Crippen LogP contribution is -2.43. The first-order valence-corrected chi connectivity index (χ1v) is 7.33. The third-order valence-electron chi connectivity index (χ3n) is 3.53. The first-order chi connectivity index (χ1) is 7.78. The van der Waals surface area contributed by atoms with Crippen LogP contribution in [0.15, 0.2) is 4.99 Å². The molecule has 0 radical (unpaired) electrons. The summed E-state index contributed by atoms with van der Waals surface area (Å²) >= 11 is 1.96. The van der Waals surface area contributed by atoms with E-state index in [9.17, 15) is 0 Å². The highest BCUT2D eigenvalue weighted by atomic mass is 32.2. The molecule has 4 N–H and O–H groups in total. The maximum Gasteiger partial charge on any atom is 0.205 e. The largest absolute Gasteiger partial charge is 0.353 e. The van der Waals surface area contributed by atoms with E-state index in [2.05, 4.69) is 22.0 Å². The number of hydrogen-bond donors (Lipinski definition) is 3. The molecule has 2 fully saturated rings. The monoisotopic (exact) mass is 242 g/mol. The lowest BCUT2D eigenvalue weighted by molar-refractivity contribution is 0.617. The third kappa shape index (κ3) is 3.04. The van der Waals surface area contributed by atoms with Gasteiger partial charge in [-0.1, -0.05) is 12.8 Å². The summed E-state index contributed by atoms with van der Waals surface area (Å²) in [5.74, 6) is 6.23. The van der Waals surface area contributed by atoms with Gasteiger partial charge < -0.3 is 5.32 Å². The normalized spacial score (nSPS) is 24.5. The van der Waals surface area contributed by atoms with Gasteiger partial charge in [0.2, 0.25) is 5.96 Å². The SMILES string of the molecule is CSC1(CN=C(NN)NC2CC2)CCCC1. The number of nitrogens with zero attached hydrogens (tertiary/aromatic N) is 1. The minimum atomic E-state index is 0.368. The van der Waals surface area contributed by atoms with Crippen molar-refractivity contribution in [1.82, 2.24) is 10.7 Å². The number of nitrogens with one attached hydrogen (secondary N) is 2. The molecule has 0 spiro atoms. The van der Waals surface area contributed by atoms with Crippen molar-refractivity contribution < 1.29 is 0 Å². The van der Waals surface area contributed by atoms with Gasteiger partial charge in [0.1, 0.15) is 0 Å². The van der Waals surface area contributed by atoms with Crippen molar-refractivity contribution in [2.24, 2.45) is 10.8 Å². The molecule has 0 aromatic heterocycles. The van der Waals surface area contributed by atoms with E-state index in [1.54, 1.807) is 0 Å². The Labute approximate surface area is 102 Å². The van der Waals surface area contributed by atoms with Gasteiger partial charge in [-0.05, 0) is 31.9 Å². The molecule has 0 aromatic carbocycles. The smallest absolute Gasteiger partial charge is 0.205 e. The number of nitrogens with two attached hydrogens (primary N) is 1. The molecule has 0 atom stereocenters. The Morgan fingerprint density at radius 3 is 2.62 bits per heavy atom. The lowest BCUT2D eigenvalue weighted by atomic mass is 10.1. The Bertz CT molecular complexity index is 257. The summed E-state index contributed by atoms with van der Waals surface area (Å²) in [4.78, 5) is 4.60. The fourth-order valence-corrected chi connectivity index (χ4v) is 3.11. The lowest BCUT2D eigenvalue weighted by Gasteiger charge is -2.24. The standard InChI is InChI=1S/C11H22N4S/c1-16-11(6-2-3-7-11)8-13-10(15-12)14-9-4-5-9/h9H,2-8,12H2,1H3,(H2,13,14,15). The van der Waals surface area contributed by atoms with Crippen LogP contribution in [0, 0.1) is 0 Å². The molecule has 0 amide bonds. The molecule has 5 heteroatoms. The summed E-state index contributed by atoms with van der Waals surface area (Å²) in [6.07, 6.45) is 9.96. The molecule has 2 saturated carbocycles. The van der Waals surface area contributed by atoms with Gasteiger partial charge in [0.15, 0.2) is 0 Å². The van der Waals surface area contributed by atoms with Gasteiger partial charge in [-0.25, -0.2) is 5.84 Å². The molecule has 0 aliphatic heterocycles. The zero-order valence-electron chi connectivity index (χ0n) is 9.96. The van der Waals surface area contributed by atoms with Crippen LogP contribution in [-0.2, 0) is 0 Å². The molecule has 2 aliphatic rings. The van der Waals surface area contributed by atoms with E-state index < -0.39 is 0 Å². The van der Waals surface area contributed by atoms with E-state index >= 15 is 0 Å². The molecular weight excluding hydrogens is 220 g/mol. The summed E-state index contributed by atoms with van der Waals surface area (Å²) in [5, 5.41) is 3.31. The van der Waals surface area contributed by atoms with Crippen molar-refractivity contribution in [3.8, 4) is 0 Å². The summed E-state index contributed by atoms with van der Waals surface area (Å²) in [5.41, 5.74) is 2.67. The van der Waals surface area contributed by atoms with Crippen LogP contribution >= 0.6 is 11.8 Å². The Kier molecular flexibility index (Phi) is 3.97. The van der Waals surface area contributed by atoms with Gasteiger partial charge in [-0.2, -0.15) is 11.8 Å². The maximum absolute atomic E-state index is 5.47. The second-order valence-corrected chi connectivity index (χ2v) is 6.10. The number of guanidine groups is 1. The van der Waals surface area contributed by atoms with Crippen LogP contribution in [0.1, 0.15) is 38.5 Å². The molecule has 0 unspecified atom stereocenters. The van der Waals surface area contributed by atoms with E-state index in [-0.39, 0.29) is 0 Å². The quantitative estimate of drug-likeness (QED) is 0.300. The van der Waals surface area contributed by atoms with Gasteiger partial charge >= 0.3 is 0 Å². The number of rotatable bonds is 4. The topological polar surface area (TPSA) is 62.4 Å². The fraction of sp³-hybridized carbons (Fsp3) is 0.909. The van der Waals surface area contributed by atoms with E-state index in [0.29, 0.717) is 10.8 Å². The van der Waals surface area contributed by atoms with Gasteiger partial charge in [-0.3, -0.25) is 10.4 Å². The van der Waals surface area contributed by atoms with E-state index in [1.165, 1.54) is 38.5 Å². The average Bonchev–Trinajstić information content (AvgIpc) is 3.01. The van der Waals surface area contributed by atoms with Gasteiger partial charge in [-0.15, -0.1) is 0 Å². The molecule has 0 saturated heterocycles. The van der Waals surface area contributed by atoms with Crippen LogP contribution in [-0.4, -0.2) is 29.5 Å². The van der Waals surface area contributed by atoms with Crippen LogP contribution in [0.25, 0.3) is 0 Å². The van der Waals surface area contributed by atoms with Gasteiger partial charge in [0.25, 0.3) is 0 Å². The molecule has 0 bridgehead atoms. The molecule has 2 rings (SSSR count). The van der Waals surface area contributed by atoms with Crippen LogP contribution in [0.5, 0.6) is 0 Å². The van der Waals surface area contributed by atoms with Crippen LogP contribution in [0.2, 0.25) is 0 Å². The predicted molar refractivity (Wildman–Crippen MR) is 70.5 cm³/mol. The molecule has 0 heterocycles. The van der Waals surface area contributed by atoms with Crippen molar-refractivity contribution in [1.29, 1.82) is 0 Å². The predicted octanol–water partition coefficient (Wildman–Crippen LogP) is 1.23. The van der Waals surface area contributed by atoms with Gasteiger partial charge in [0, 0.05) is 10.8 Å². The Balaban J connectivity index is 1.88. The van der Waals surface area contributed by atoms with Crippen LogP contribution in [0.3, 0.4) is 0 Å². The molecule has 4 nitrogen and oxygen atoms in total. The third-order valence-corrected chi connectivity index (χ3v) is 4.93. The summed E-state index contributed by atoms with van der Waals surface area (Å²) in [6, 6.07) is 0.601. The van der Waals surface area contributed by atoms with E-state index in [0.717, 1.165) is 12.5 Å². The van der Waals surface area contributed by atoms with Crippen molar-refractivity contribution >= 4 is 17.7 Å². The average molecular weight is 242 g/mol. The Morgan fingerprint density at radius 1 is 1.44 bits per heavy atom. The fourth-order valence-electron chi connectivity index (χ4n) is 2.22. The van der Waals surface area contributed by atoms with Crippen molar-refractivity contribution in [2.75, 3.05) is 12.8 Å². The minimum absolute atomic E-state index is 0.368. The number of hydrogen-bond acceptors (Lipinski definition) is 3. The minimum Gasteiger partial charge on any atom is -0.353 e. The molecular formula is C11H22N4S. The summed E-state index contributed by atoms with van der Waals surface area (Å²) in [7, 11) is 0. The molecule has 2 aliphatic carbocycles. The van der Waals surface area contributed by atoms with Crippen LogP contribution in [0.4, 0.5) is 0 Å². The highest BCUT2D eigenvalue weighted by Crippen LogP contribution is 2.40. The van der Waals surface area contributed by atoms with Crippen molar-refractivity contribution in [3.05, 3.63) is 0 Å². The first kappa shape index (κ1) is 12.0. The first-order valence-electron chi connectivity index (χ1n) is 6.11. The maximum atomic E-state index is 5.47. The van der Waals surface area contributed by atoms with Crippen molar-refractivity contribution in [2.45, 2.75) is 49.3 Å². The van der Waals surface area contributed by atoms with E-state index in [4.69, 9.17) is 5.84 Å². The zero-order valence-corrected chi connectivity index (χ0v) is 10.8. The van der Waals surface area contributed by atoms with Crippen LogP contribution < -0.4 is 16.6 Å². The number of thioether (sulfide) groups is 1. The van der Waals surface area contributed by atoms with Crippen molar-refractivity contribution in [3.63, 3.8) is 0 Å². The second kappa shape index (κ2) is 5.27. The molecule has 16 heavy (non-hydrogen) atoms.